The van der Waals surface area contributed by atoms with Crippen LogP contribution in [0.25, 0.3) is 33.5 Å². The number of hydrogen-bond acceptors (Lipinski definition) is 9. The van der Waals surface area contributed by atoms with Crippen molar-refractivity contribution < 1.29 is 28.2 Å². The summed E-state index contributed by atoms with van der Waals surface area (Å²) in [7, 11) is 0. The van der Waals surface area contributed by atoms with Gasteiger partial charge in [0.25, 0.3) is 0 Å². The quantitative estimate of drug-likeness (QED) is 0.316. The first-order valence-electron chi connectivity index (χ1n) is 15.3. The molecule has 1 atom stereocenters. The second kappa shape index (κ2) is 12.3. The van der Waals surface area contributed by atoms with Gasteiger partial charge in [0, 0.05) is 67.7 Å². The number of aromatic amines is 1. The minimum absolute atomic E-state index is 0.00810. The van der Waals surface area contributed by atoms with E-state index in [4.69, 9.17) is 14.6 Å². The van der Waals surface area contributed by atoms with E-state index in [9.17, 15) is 18.8 Å². The Morgan fingerprint density at radius 1 is 1.11 bits per heavy atom. The molecule has 3 fully saturated rings. The maximum absolute atomic E-state index is 14.8. The largest absolute Gasteiger partial charge is 0.481 e. The van der Waals surface area contributed by atoms with Gasteiger partial charge >= 0.3 is 5.92 Å². The zero-order chi connectivity index (χ0) is 31.8. The number of halogens is 2. The molecule has 3 saturated heterocycles. The normalized spacial score (nSPS) is 20.3. The van der Waals surface area contributed by atoms with Crippen molar-refractivity contribution in [3.8, 4) is 34.3 Å². The number of piperazine rings is 1. The van der Waals surface area contributed by atoms with Gasteiger partial charge in [0.05, 0.1) is 43.3 Å². The van der Waals surface area contributed by atoms with E-state index in [1.165, 1.54) is 18.0 Å². The number of carbonyl (C=O) groups is 1. The molecule has 0 radical (unpaired) electrons. The van der Waals surface area contributed by atoms with E-state index in [1.54, 1.807) is 12.3 Å². The summed E-state index contributed by atoms with van der Waals surface area (Å²) in [6.45, 7) is 3.99. The number of nitriles is 1. The lowest BCUT2D eigenvalue weighted by molar-refractivity contribution is -0.161. The van der Waals surface area contributed by atoms with Gasteiger partial charge in [0.1, 0.15) is 18.3 Å². The highest BCUT2D eigenvalue weighted by molar-refractivity contribution is 5.95. The first kappa shape index (κ1) is 30.0. The van der Waals surface area contributed by atoms with Crippen molar-refractivity contribution in [2.24, 2.45) is 0 Å². The first-order valence-corrected chi connectivity index (χ1v) is 15.3. The van der Waals surface area contributed by atoms with Gasteiger partial charge in [-0.15, -0.1) is 0 Å². The van der Waals surface area contributed by atoms with Crippen molar-refractivity contribution in [1.29, 1.82) is 5.26 Å². The lowest BCUT2D eigenvalue weighted by atomic mass is 10.0. The fourth-order valence-corrected chi connectivity index (χ4v) is 6.34. The number of H-pyrrole nitrogens is 1. The Labute approximate surface area is 264 Å². The van der Waals surface area contributed by atoms with Crippen LogP contribution in [0.15, 0.2) is 54.9 Å². The molecule has 2 N–H and O–H groups in total. The van der Waals surface area contributed by atoms with E-state index in [1.807, 2.05) is 12.1 Å². The van der Waals surface area contributed by atoms with Crippen LogP contribution < -0.4 is 9.64 Å². The number of piperidine rings is 1. The molecule has 11 nitrogen and oxygen atoms in total. The molecule has 3 aliphatic rings. The molecule has 1 aromatic carbocycles. The number of hydrogen-bond donors (Lipinski definition) is 2. The molecule has 4 aromatic rings. The predicted octanol–water partition coefficient (Wildman–Crippen LogP) is 3.29. The van der Waals surface area contributed by atoms with Crippen molar-refractivity contribution in [3.63, 3.8) is 0 Å². The van der Waals surface area contributed by atoms with Gasteiger partial charge in [-0.1, -0.05) is 12.1 Å². The number of nitrogens with one attached hydrogen (secondary N) is 1. The fraction of sp³-hybridized carbons (Fsp3) is 0.394. The van der Waals surface area contributed by atoms with E-state index in [-0.39, 0.29) is 24.3 Å². The lowest BCUT2D eigenvalue weighted by Crippen LogP contribution is -2.56. The summed E-state index contributed by atoms with van der Waals surface area (Å²) < 4.78 is 40.6. The van der Waals surface area contributed by atoms with Crippen molar-refractivity contribution >= 4 is 22.6 Å². The number of carbonyl (C=O) groups excluding carboxylic acids is 1. The zero-order valence-corrected chi connectivity index (χ0v) is 25.0. The molecule has 13 heteroatoms. The molecule has 0 spiro atoms. The molecule has 46 heavy (non-hydrogen) atoms. The van der Waals surface area contributed by atoms with Crippen LogP contribution in [0.3, 0.4) is 0 Å². The number of aliphatic hydroxyl groups excluding tert-OH is 1. The molecular weight excluding hydrogens is 596 g/mol. The zero-order valence-electron chi connectivity index (χ0n) is 25.0. The Morgan fingerprint density at radius 3 is 2.57 bits per heavy atom. The van der Waals surface area contributed by atoms with Crippen molar-refractivity contribution in [3.05, 3.63) is 60.4 Å². The van der Waals surface area contributed by atoms with Gasteiger partial charge in [0.2, 0.25) is 5.91 Å². The van der Waals surface area contributed by atoms with Crippen LogP contribution in [0.5, 0.6) is 5.75 Å². The Balaban J connectivity index is 1.08. The van der Waals surface area contributed by atoms with Gasteiger partial charge in [-0.25, -0.2) is 13.8 Å². The molecule has 1 amide bonds. The average Bonchev–Trinajstić information content (AvgIpc) is 3.50. The lowest BCUT2D eigenvalue weighted by Gasteiger charge is -2.43. The fourth-order valence-electron chi connectivity index (χ4n) is 6.34. The molecule has 0 saturated carbocycles. The summed E-state index contributed by atoms with van der Waals surface area (Å²) >= 11 is 0. The SMILES string of the molecule is N#Cc1cc(-c2ccnc3[nH]c(-c4ccc(N5CCN(C6COC6)CC5)cc4)cc23)ncc1OC1CCN(C(=O)CO)CC1(F)F. The number of pyridine rings is 2. The number of benzene rings is 1. The highest BCUT2D eigenvalue weighted by Crippen LogP contribution is 2.35. The third kappa shape index (κ3) is 5.75. The number of aromatic nitrogens is 3. The third-order valence-electron chi connectivity index (χ3n) is 9.08. The maximum Gasteiger partial charge on any atom is 0.301 e. The Morgan fingerprint density at radius 2 is 1.89 bits per heavy atom. The van der Waals surface area contributed by atoms with E-state index in [0.717, 1.165) is 66.5 Å². The van der Waals surface area contributed by atoms with Gasteiger partial charge in [0.15, 0.2) is 11.9 Å². The van der Waals surface area contributed by atoms with Crippen molar-refractivity contribution in [2.75, 3.05) is 64.0 Å². The van der Waals surface area contributed by atoms with E-state index < -0.39 is 31.1 Å². The standard InChI is InChI=1S/C33H33F2N7O4/c34-33(35)20-42(31(44)17-43)8-6-30(33)46-29-16-38-28(13-22(29)15-36)25-5-7-37-32-26(25)14-27(39-32)21-1-3-23(4-2-21)40-9-11-41(12-10-40)24-18-45-19-24/h1-5,7,13-14,16,24,30,43H,6,8-12,17-20H2,(H,37,39). The van der Waals surface area contributed by atoms with Crippen LogP contribution in [-0.4, -0.2) is 113 Å². The van der Waals surface area contributed by atoms with E-state index in [0.29, 0.717) is 17.4 Å². The molecule has 6 heterocycles. The molecule has 0 aliphatic carbocycles. The first-order chi connectivity index (χ1) is 22.3. The Bertz CT molecular complexity index is 1780. The van der Waals surface area contributed by atoms with Crippen LogP contribution >= 0.6 is 0 Å². The summed E-state index contributed by atoms with van der Waals surface area (Å²) in [5.41, 5.74) is 4.97. The van der Waals surface area contributed by atoms with Gasteiger partial charge < -0.3 is 29.4 Å². The summed E-state index contributed by atoms with van der Waals surface area (Å²) in [5.74, 6) is -4.19. The van der Waals surface area contributed by atoms with Crippen LogP contribution in [0.4, 0.5) is 14.5 Å². The van der Waals surface area contributed by atoms with E-state index >= 15 is 0 Å². The number of ether oxygens (including phenoxy) is 2. The summed E-state index contributed by atoms with van der Waals surface area (Å²) in [6, 6.07) is 16.4. The molecular formula is C33H33F2N7O4. The van der Waals surface area contributed by atoms with Gasteiger partial charge in [-0.2, -0.15) is 5.26 Å². The van der Waals surface area contributed by atoms with Crippen LogP contribution in [0.2, 0.25) is 0 Å². The molecule has 7 rings (SSSR count). The highest BCUT2D eigenvalue weighted by Gasteiger charge is 2.47. The molecule has 3 aliphatic heterocycles. The number of alkyl halides is 2. The average molecular weight is 630 g/mol. The number of rotatable bonds is 7. The number of aliphatic hydroxyl groups is 1. The van der Waals surface area contributed by atoms with Crippen LogP contribution in [0, 0.1) is 11.3 Å². The smallest absolute Gasteiger partial charge is 0.301 e. The van der Waals surface area contributed by atoms with Gasteiger partial charge in [-0.05, 0) is 35.9 Å². The monoisotopic (exact) mass is 629 g/mol. The van der Waals surface area contributed by atoms with Gasteiger partial charge in [-0.3, -0.25) is 14.7 Å². The van der Waals surface area contributed by atoms with Crippen LogP contribution in [-0.2, 0) is 9.53 Å². The summed E-state index contributed by atoms with van der Waals surface area (Å²) in [4.78, 5) is 29.9. The minimum Gasteiger partial charge on any atom is -0.481 e. The minimum atomic E-state index is -3.37. The third-order valence-corrected chi connectivity index (χ3v) is 9.08. The Kier molecular flexibility index (Phi) is 8.02. The van der Waals surface area contributed by atoms with Crippen molar-refractivity contribution in [2.45, 2.75) is 24.5 Å². The van der Waals surface area contributed by atoms with E-state index in [2.05, 4.69) is 49.0 Å². The van der Waals surface area contributed by atoms with Crippen molar-refractivity contribution in [1.82, 2.24) is 24.8 Å². The number of anilines is 1. The molecule has 3 aromatic heterocycles. The maximum atomic E-state index is 14.8. The summed E-state index contributed by atoms with van der Waals surface area (Å²) in [6.07, 6.45) is 1.23. The molecule has 0 bridgehead atoms. The Hall–Kier alpha value is -4.64. The number of nitrogens with zero attached hydrogens (tertiary/aromatic N) is 6. The highest BCUT2D eigenvalue weighted by atomic mass is 19.3. The summed E-state index contributed by atoms with van der Waals surface area (Å²) in [5, 5.41) is 19.7. The molecule has 1 unspecified atom stereocenters. The number of amides is 1. The second-order valence-corrected chi connectivity index (χ2v) is 11.9. The predicted molar refractivity (Wildman–Crippen MR) is 166 cm³/mol. The number of fused-ring (bicyclic) bond motifs is 1. The topological polar surface area (TPSA) is 131 Å². The second-order valence-electron chi connectivity index (χ2n) is 11.9. The number of likely N-dealkylation sites (tertiary alicyclic amines) is 1. The van der Waals surface area contributed by atoms with Crippen LogP contribution in [0.1, 0.15) is 12.0 Å². The molecule has 238 valence electrons.